The molecular formula is C20H19N4O2S. The molecule has 6 nitrogen and oxygen atoms in total. The van der Waals surface area contributed by atoms with Crippen molar-refractivity contribution in [3.8, 4) is 11.3 Å². The highest BCUT2D eigenvalue weighted by Crippen LogP contribution is 2.32. The number of anilines is 1. The lowest BCUT2D eigenvalue weighted by Gasteiger charge is -2.19. The van der Waals surface area contributed by atoms with Gasteiger partial charge < -0.3 is 15.5 Å². The van der Waals surface area contributed by atoms with E-state index in [1.807, 2.05) is 18.2 Å². The van der Waals surface area contributed by atoms with Crippen molar-refractivity contribution in [1.29, 1.82) is 0 Å². The Morgan fingerprint density at radius 2 is 2.07 bits per heavy atom. The Kier molecular flexibility index (Phi) is 3.89. The van der Waals surface area contributed by atoms with E-state index in [2.05, 4.69) is 40.8 Å². The van der Waals surface area contributed by atoms with Crippen LogP contribution in [0.15, 0.2) is 48.0 Å². The number of nitrogens with one attached hydrogen (secondary N) is 1. The average Bonchev–Trinajstić information content (AvgIpc) is 3.37. The van der Waals surface area contributed by atoms with Crippen molar-refractivity contribution in [2.45, 2.75) is 24.7 Å². The van der Waals surface area contributed by atoms with Crippen LogP contribution in [0.3, 0.4) is 0 Å². The van der Waals surface area contributed by atoms with Gasteiger partial charge in [-0.05, 0) is 42.8 Å². The van der Waals surface area contributed by atoms with E-state index in [4.69, 9.17) is 5.10 Å². The number of aromatic nitrogens is 3. The lowest BCUT2D eigenvalue weighted by Crippen LogP contribution is -2.35. The summed E-state index contributed by atoms with van der Waals surface area (Å²) < 4.78 is 2.97. The molecule has 1 fully saturated rings. The van der Waals surface area contributed by atoms with Gasteiger partial charge in [0.05, 0.1) is 17.8 Å². The van der Waals surface area contributed by atoms with Crippen LogP contribution in [-0.4, -0.2) is 43.1 Å². The zero-order valence-electron chi connectivity index (χ0n) is 14.5. The van der Waals surface area contributed by atoms with Crippen molar-refractivity contribution in [1.82, 2.24) is 14.6 Å². The van der Waals surface area contributed by atoms with E-state index in [-0.39, 0.29) is 12.0 Å². The molecule has 4 atom stereocenters. The molecule has 0 bridgehead atoms. The van der Waals surface area contributed by atoms with Crippen LogP contribution in [-0.2, 0) is 0 Å². The van der Waals surface area contributed by atoms with Gasteiger partial charge in [-0.2, -0.15) is 9.61 Å². The number of aliphatic hydroxyl groups is 2. The van der Waals surface area contributed by atoms with Crippen LogP contribution in [0.2, 0.25) is 0 Å². The molecule has 3 aromatic heterocycles. The molecule has 3 N–H and O–H groups in total. The van der Waals surface area contributed by atoms with E-state index in [1.54, 1.807) is 22.0 Å². The molecule has 3 heterocycles. The largest absolute Gasteiger partial charge is 0.390 e. The lowest BCUT2D eigenvalue weighted by atomic mass is 10.1. The van der Waals surface area contributed by atoms with Crippen molar-refractivity contribution in [2.24, 2.45) is 5.92 Å². The highest BCUT2D eigenvalue weighted by molar-refractivity contribution is 7.17. The first-order chi connectivity index (χ1) is 13.1. The summed E-state index contributed by atoms with van der Waals surface area (Å²) in [6, 6.07) is 11.8. The summed E-state index contributed by atoms with van der Waals surface area (Å²) in [6.45, 7) is 3.91. The minimum atomic E-state index is -0.856. The third-order valence-electron chi connectivity index (χ3n) is 5.26. The van der Waals surface area contributed by atoms with Gasteiger partial charge in [-0.25, -0.2) is 4.98 Å². The van der Waals surface area contributed by atoms with Crippen molar-refractivity contribution in [3.05, 3.63) is 54.9 Å². The molecule has 0 spiro atoms. The highest BCUT2D eigenvalue weighted by atomic mass is 32.1. The number of fused-ring (bicyclic) bond motifs is 2. The van der Waals surface area contributed by atoms with Gasteiger partial charge in [0.1, 0.15) is 11.9 Å². The molecule has 27 heavy (non-hydrogen) atoms. The maximum atomic E-state index is 10.2. The van der Waals surface area contributed by atoms with Crippen LogP contribution >= 0.6 is 11.3 Å². The van der Waals surface area contributed by atoms with Gasteiger partial charge in [0.25, 0.3) is 0 Å². The highest BCUT2D eigenvalue weighted by Gasteiger charge is 2.39. The Labute approximate surface area is 160 Å². The summed E-state index contributed by atoms with van der Waals surface area (Å²) in [5, 5.41) is 31.5. The van der Waals surface area contributed by atoms with Crippen molar-refractivity contribution >= 4 is 32.9 Å². The van der Waals surface area contributed by atoms with Gasteiger partial charge in [0, 0.05) is 27.9 Å². The second-order valence-corrected chi connectivity index (χ2v) is 7.94. The predicted molar refractivity (Wildman–Crippen MR) is 107 cm³/mol. The molecule has 137 valence electrons. The number of nitrogens with zero attached hydrogens (tertiary/aromatic N) is 3. The summed E-state index contributed by atoms with van der Waals surface area (Å²) in [6.07, 6.45) is 0.636. The van der Waals surface area contributed by atoms with Crippen LogP contribution < -0.4 is 5.32 Å². The van der Waals surface area contributed by atoms with Gasteiger partial charge in [0.15, 0.2) is 5.65 Å². The van der Waals surface area contributed by atoms with E-state index in [1.165, 1.54) is 10.1 Å². The Bertz CT molecular complexity index is 1120. The molecule has 4 aromatic rings. The lowest BCUT2D eigenvalue weighted by molar-refractivity contribution is 0.0256. The number of benzene rings is 1. The van der Waals surface area contributed by atoms with E-state index < -0.39 is 12.2 Å². The minimum Gasteiger partial charge on any atom is -0.390 e. The van der Waals surface area contributed by atoms with Crippen molar-refractivity contribution in [2.75, 3.05) is 5.32 Å². The van der Waals surface area contributed by atoms with E-state index in [0.29, 0.717) is 6.42 Å². The number of hydrogen-bond acceptors (Lipinski definition) is 6. The maximum absolute atomic E-state index is 10.2. The average molecular weight is 379 g/mol. The summed E-state index contributed by atoms with van der Waals surface area (Å²) in [4.78, 5) is 4.42. The molecule has 1 radical (unpaired) electrons. The molecule has 7 heteroatoms. The predicted octanol–water partition coefficient (Wildman–Crippen LogP) is 2.97. The number of hydrogen-bond donors (Lipinski definition) is 3. The summed E-state index contributed by atoms with van der Waals surface area (Å²) in [5.74, 6) is 0.535. The van der Waals surface area contributed by atoms with Gasteiger partial charge in [-0.3, -0.25) is 0 Å². The van der Waals surface area contributed by atoms with Crippen LogP contribution in [0, 0.1) is 12.8 Å². The van der Waals surface area contributed by atoms with Crippen LogP contribution in [0.4, 0.5) is 5.82 Å². The topological polar surface area (TPSA) is 82.7 Å². The number of rotatable bonds is 3. The molecule has 1 aliphatic rings. The molecule has 0 unspecified atom stereocenters. The monoisotopic (exact) mass is 379 g/mol. The SMILES string of the molecule is [CH2][C@@H]1C[C@@H](Nc2ccnc3cc(-c4cccc5sccc45)nn23)[C@H](O)[C@@H]1O. The fourth-order valence-electron chi connectivity index (χ4n) is 3.81. The van der Waals surface area contributed by atoms with Crippen LogP contribution in [0.1, 0.15) is 6.42 Å². The van der Waals surface area contributed by atoms with E-state index >= 15 is 0 Å². The molecule has 1 saturated carbocycles. The van der Waals surface area contributed by atoms with Crippen molar-refractivity contribution in [3.63, 3.8) is 0 Å². The Morgan fingerprint density at radius 1 is 1.19 bits per heavy atom. The molecular weight excluding hydrogens is 360 g/mol. The zero-order chi connectivity index (χ0) is 18.5. The normalized spacial score (nSPS) is 25.4. The van der Waals surface area contributed by atoms with Crippen LogP contribution in [0.25, 0.3) is 27.0 Å². The molecule has 5 rings (SSSR count). The third kappa shape index (κ3) is 2.70. The third-order valence-corrected chi connectivity index (χ3v) is 6.15. The second kappa shape index (κ2) is 6.30. The number of aliphatic hydroxyl groups excluding tert-OH is 2. The summed E-state index contributed by atoms with van der Waals surface area (Å²) in [7, 11) is 0. The fourth-order valence-corrected chi connectivity index (χ4v) is 4.62. The molecule has 0 saturated heterocycles. The molecule has 0 amide bonds. The summed E-state index contributed by atoms with van der Waals surface area (Å²) >= 11 is 1.71. The van der Waals surface area contributed by atoms with Crippen LogP contribution in [0.5, 0.6) is 0 Å². The standard InChI is InChI=1S/C20H19N4O2S/c1-11-9-15(20(26)19(11)25)22-17-5-7-21-18-10-14(23-24(17)18)12-3-2-4-16-13(12)6-8-27-16/h2-8,10-11,15,19-20,22,25-26H,1,9H2/t11-,15-,19-,20+/m1/s1. The Morgan fingerprint density at radius 3 is 2.89 bits per heavy atom. The number of thiophene rings is 1. The van der Waals surface area contributed by atoms with Gasteiger partial charge >= 0.3 is 0 Å². The first-order valence-corrected chi connectivity index (χ1v) is 9.77. The van der Waals surface area contributed by atoms with Gasteiger partial charge in [-0.15, -0.1) is 11.3 Å². The van der Waals surface area contributed by atoms with E-state index in [0.717, 1.165) is 22.7 Å². The van der Waals surface area contributed by atoms with Gasteiger partial charge in [0.2, 0.25) is 0 Å². The Hall–Kier alpha value is -2.48. The second-order valence-electron chi connectivity index (χ2n) is 7.00. The molecule has 1 aliphatic carbocycles. The van der Waals surface area contributed by atoms with E-state index in [9.17, 15) is 10.2 Å². The van der Waals surface area contributed by atoms with Crippen molar-refractivity contribution < 1.29 is 10.2 Å². The Balaban J connectivity index is 1.55. The molecule has 1 aromatic carbocycles. The maximum Gasteiger partial charge on any atom is 0.157 e. The quantitative estimate of drug-likeness (QED) is 0.510. The minimum absolute atomic E-state index is 0.195. The summed E-state index contributed by atoms with van der Waals surface area (Å²) in [5.41, 5.74) is 2.64. The molecule has 0 aliphatic heterocycles. The first-order valence-electron chi connectivity index (χ1n) is 8.89. The smallest absolute Gasteiger partial charge is 0.157 e. The fraction of sp³-hybridized carbons (Fsp3) is 0.250. The first kappa shape index (κ1) is 16.7. The zero-order valence-corrected chi connectivity index (χ0v) is 15.3. The van der Waals surface area contributed by atoms with Gasteiger partial charge in [-0.1, -0.05) is 12.1 Å².